The number of nitrogens with one attached hydrogen (secondary N) is 1. The Hall–Kier alpha value is -1.69. The van der Waals surface area contributed by atoms with Crippen LogP contribution in [0.4, 0.5) is 5.69 Å². The topological polar surface area (TPSA) is 75.4 Å². The van der Waals surface area contributed by atoms with Crippen LogP contribution in [0.15, 0.2) is 30.3 Å². The zero-order chi connectivity index (χ0) is 16.2. The second-order valence-electron chi connectivity index (χ2n) is 4.74. The molecule has 22 heavy (non-hydrogen) atoms. The Morgan fingerprint density at radius 1 is 1.32 bits per heavy atom. The standard InChI is InChI=1S/C16H24N3O2S/c1-2-19(14-7-4-3-5-8-14)11-6-10-18-16(21)13-22-12-9-15(17)20/h3-5,7-9H,2,6,10-13H2,1H3,(H2,17,20)(H,18,21). The van der Waals surface area contributed by atoms with E-state index in [-0.39, 0.29) is 5.91 Å². The van der Waals surface area contributed by atoms with Gasteiger partial charge in [0.25, 0.3) is 0 Å². The molecule has 0 atom stereocenters. The van der Waals surface area contributed by atoms with Crippen molar-refractivity contribution >= 4 is 29.3 Å². The summed E-state index contributed by atoms with van der Waals surface area (Å²) >= 11 is 1.38. The van der Waals surface area contributed by atoms with Gasteiger partial charge in [0.15, 0.2) is 0 Å². The number of primary amides is 1. The summed E-state index contributed by atoms with van der Waals surface area (Å²) in [6.07, 6.45) is 2.27. The lowest BCUT2D eigenvalue weighted by atomic mass is 10.2. The second kappa shape index (κ2) is 11.0. The van der Waals surface area contributed by atoms with Gasteiger partial charge in [-0.2, -0.15) is 11.8 Å². The first-order valence-corrected chi connectivity index (χ1v) is 8.56. The average molecular weight is 322 g/mol. The Morgan fingerprint density at radius 2 is 2.05 bits per heavy atom. The van der Waals surface area contributed by atoms with Gasteiger partial charge in [-0.1, -0.05) is 18.2 Å². The van der Waals surface area contributed by atoms with Gasteiger partial charge in [0.1, 0.15) is 0 Å². The van der Waals surface area contributed by atoms with Crippen LogP contribution in [0.3, 0.4) is 0 Å². The highest BCUT2D eigenvalue weighted by Gasteiger charge is 2.05. The number of nitrogens with zero attached hydrogens (tertiary/aromatic N) is 1. The fourth-order valence-corrected chi connectivity index (χ4v) is 2.64. The highest BCUT2D eigenvalue weighted by Crippen LogP contribution is 2.12. The summed E-state index contributed by atoms with van der Waals surface area (Å²) in [4.78, 5) is 24.4. The Bertz CT molecular complexity index is 454. The number of anilines is 1. The minimum Gasteiger partial charge on any atom is -0.372 e. The van der Waals surface area contributed by atoms with Crippen molar-refractivity contribution in [3.8, 4) is 0 Å². The van der Waals surface area contributed by atoms with Crippen LogP contribution in [0.5, 0.6) is 0 Å². The van der Waals surface area contributed by atoms with Crippen LogP contribution in [0.25, 0.3) is 0 Å². The van der Waals surface area contributed by atoms with Gasteiger partial charge in [0, 0.05) is 31.1 Å². The largest absolute Gasteiger partial charge is 0.372 e. The zero-order valence-corrected chi connectivity index (χ0v) is 13.8. The van der Waals surface area contributed by atoms with Crippen LogP contribution in [-0.4, -0.2) is 43.0 Å². The molecule has 2 amide bonds. The predicted octanol–water partition coefficient (Wildman–Crippen LogP) is 1.44. The Balaban J connectivity index is 2.13. The Kier molecular flexibility index (Phi) is 9.14. The van der Waals surface area contributed by atoms with Crippen molar-refractivity contribution in [2.24, 2.45) is 5.73 Å². The number of nitrogens with two attached hydrogens (primary N) is 1. The van der Waals surface area contributed by atoms with Gasteiger partial charge in [-0.25, -0.2) is 0 Å². The van der Waals surface area contributed by atoms with E-state index in [1.54, 1.807) is 0 Å². The number of thioether (sulfide) groups is 1. The van der Waals surface area contributed by atoms with Gasteiger partial charge in [0.2, 0.25) is 11.8 Å². The van der Waals surface area contributed by atoms with E-state index in [0.29, 0.717) is 18.1 Å². The molecular formula is C16H24N3O2S. The van der Waals surface area contributed by atoms with Crippen molar-refractivity contribution < 1.29 is 9.59 Å². The van der Waals surface area contributed by atoms with Crippen molar-refractivity contribution in [3.05, 3.63) is 36.8 Å². The van der Waals surface area contributed by atoms with Crippen molar-refractivity contribution in [2.45, 2.75) is 13.3 Å². The number of hydrogen-bond acceptors (Lipinski definition) is 4. The van der Waals surface area contributed by atoms with E-state index in [4.69, 9.17) is 5.73 Å². The molecule has 0 bridgehead atoms. The molecule has 6 heteroatoms. The average Bonchev–Trinajstić information content (AvgIpc) is 2.52. The van der Waals surface area contributed by atoms with Crippen LogP contribution in [-0.2, 0) is 9.59 Å². The highest BCUT2D eigenvalue weighted by atomic mass is 32.2. The molecule has 3 N–H and O–H groups in total. The number of carbonyl (C=O) groups excluding carboxylic acids is 2. The quantitative estimate of drug-likeness (QED) is 0.605. The molecular weight excluding hydrogens is 298 g/mol. The van der Waals surface area contributed by atoms with Crippen LogP contribution in [0.1, 0.15) is 13.3 Å². The first-order valence-electron chi connectivity index (χ1n) is 7.40. The normalized spacial score (nSPS) is 10.2. The minimum absolute atomic E-state index is 0.00868. The first kappa shape index (κ1) is 18.4. The molecule has 0 heterocycles. The maximum atomic E-state index is 11.6. The molecule has 0 fully saturated rings. The third kappa shape index (κ3) is 7.93. The summed E-state index contributed by atoms with van der Waals surface area (Å²) in [5.74, 6) is 0.361. The van der Waals surface area contributed by atoms with Crippen LogP contribution in [0.2, 0.25) is 0 Å². The van der Waals surface area contributed by atoms with Gasteiger partial charge < -0.3 is 16.0 Å². The lowest BCUT2D eigenvalue weighted by Crippen LogP contribution is -2.30. The number of carbonyl (C=O) groups is 2. The van der Waals surface area contributed by atoms with Crippen molar-refractivity contribution in [1.29, 1.82) is 0 Å². The molecule has 0 aromatic heterocycles. The van der Waals surface area contributed by atoms with Gasteiger partial charge in [-0.3, -0.25) is 9.59 Å². The molecule has 1 aromatic carbocycles. The maximum absolute atomic E-state index is 11.6. The number of rotatable bonds is 11. The maximum Gasteiger partial charge on any atom is 0.229 e. The van der Waals surface area contributed by atoms with Crippen LogP contribution < -0.4 is 16.0 Å². The predicted molar refractivity (Wildman–Crippen MR) is 92.8 cm³/mol. The van der Waals surface area contributed by atoms with Crippen molar-refractivity contribution in [2.75, 3.05) is 36.0 Å². The third-order valence-corrected chi connectivity index (χ3v) is 3.93. The summed E-state index contributed by atoms with van der Waals surface area (Å²) in [6.45, 7) is 4.62. The molecule has 1 aromatic rings. The third-order valence-electron chi connectivity index (χ3n) is 3.07. The lowest BCUT2D eigenvalue weighted by molar-refractivity contribution is -0.118. The summed E-state index contributed by atoms with van der Waals surface area (Å²) < 4.78 is 0. The van der Waals surface area contributed by atoms with E-state index in [2.05, 4.69) is 29.3 Å². The van der Waals surface area contributed by atoms with E-state index < -0.39 is 5.91 Å². The molecule has 0 saturated carbocycles. The van der Waals surface area contributed by atoms with Gasteiger partial charge in [-0.15, -0.1) is 0 Å². The van der Waals surface area contributed by atoms with Crippen LogP contribution >= 0.6 is 11.8 Å². The summed E-state index contributed by atoms with van der Waals surface area (Å²) in [5.41, 5.74) is 6.19. The van der Waals surface area contributed by atoms with E-state index in [1.165, 1.54) is 23.9 Å². The summed E-state index contributed by atoms with van der Waals surface area (Å²) in [6, 6.07) is 10.2. The minimum atomic E-state index is -0.450. The summed E-state index contributed by atoms with van der Waals surface area (Å²) in [5, 5.41) is 2.89. The molecule has 121 valence electrons. The van der Waals surface area contributed by atoms with Crippen molar-refractivity contribution in [1.82, 2.24) is 5.32 Å². The molecule has 5 nitrogen and oxygen atoms in total. The van der Waals surface area contributed by atoms with Crippen molar-refractivity contribution in [3.63, 3.8) is 0 Å². The monoisotopic (exact) mass is 322 g/mol. The Labute approximate surface area is 136 Å². The number of amides is 2. The fourth-order valence-electron chi connectivity index (χ4n) is 1.95. The second-order valence-corrected chi connectivity index (χ2v) is 5.77. The first-order chi connectivity index (χ1) is 10.6. The van der Waals surface area contributed by atoms with E-state index in [1.807, 2.05) is 18.2 Å². The number of benzene rings is 1. The molecule has 1 radical (unpaired) electrons. The SMILES string of the molecule is CCN(CCCNC(=O)CSC[CH]C(N)=O)c1ccccc1. The molecule has 1 rings (SSSR count). The van der Waals surface area contributed by atoms with Gasteiger partial charge in [-0.05, 0) is 25.5 Å². The van der Waals surface area contributed by atoms with Crippen LogP contribution in [0, 0.1) is 6.42 Å². The zero-order valence-electron chi connectivity index (χ0n) is 13.0. The molecule has 0 spiro atoms. The fraction of sp³-hybridized carbons (Fsp3) is 0.438. The molecule has 0 aliphatic rings. The lowest BCUT2D eigenvalue weighted by Gasteiger charge is -2.23. The Morgan fingerprint density at radius 3 is 2.68 bits per heavy atom. The summed E-state index contributed by atoms with van der Waals surface area (Å²) in [7, 11) is 0. The van der Waals surface area contributed by atoms with E-state index in [9.17, 15) is 9.59 Å². The van der Waals surface area contributed by atoms with E-state index in [0.717, 1.165) is 19.5 Å². The molecule has 0 aliphatic heterocycles. The number of hydrogen-bond donors (Lipinski definition) is 2. The molecule has 0 aliphatic carbocycles. The highest BCUT2D eigenvalue weighted by molar-refractivity contribution is 8.00. The molecule has 0 unspecified atom stereocenters. The van der Waals surface area contributed by atoms with E-state index >= 15 is 0 Å². The molecule has 0 saturated heterocycles. The number of para-hydroxylation sites is 1. The van der Waals surface area contributed by atoms with Gasteiger partial charge in [0.05, 0.1) is 12.2 Å². The smallest absolute Gasteiger partial charge is 0.229 e. The van der Waals surface area contributed by atoms with Gasteiger partial charge >= 0.3 is 0 Å².